The molecule has 4 aliphatic rings. The average Bonchev–Trinajstić information content (AvgIpc) is 2.65. The van der Waals surface area contributed by atoms with Crippen molar-refractivity contribution in [1.82, 2.24) is 4.90 Å². The van der Waals surface area contributed by atoms with Crippen LogP contribution in [-0.2, 0) is 14.9 Å². The maximum Gasteiger partial charge on any atom is 0.223 e. The van der Waals surface area contributed by atoms with Gasteiger partial charge in [-0.2, -0.15) is 0 Å². The van der Waals surface area contributed by atoms with E-state index in [1.807, 2.05) is 11.9 Å². The lowest BCUT2D eigenvalue weighted by Gasteiger charge is -2.63. The zero-order valence-corrected chi connectivity index (χ0v) is 15.9. The Morgan fingerprint density at radius 2 is 1.73 bits per heavy atom. The second-order valence-electron chi connectivity index (χ2n) is 8.74. The molecule has 4 saturated carbocycles. The van der Waals surface area contributed by atoms with Gasteiger partial charge < -0.3 is 14.7 Å². The molecule has 0 atom stereocenters. The van der Waals surface area contributed by atoms with Gasteiger partial charge in [0.05, 0.1) is 12.7 Å². The fraction of sp³-hybridized carbons (Fsp3) is 0.682. The summed E-state index contributed by atoms with van der Waals surface area (Å²) < 4.78 is 5.15. The van der Waals surface area contributed by atoms with E-state index in [4.69, 9.17) is 4.74 Å². The average molecular weight is 357 g/mol. The Kier molecular flexibility index (Phi) is 4.83. The van der Waals surface area contributed by atoms with Gasteiger partial charge in [0.1, 0.15) is 0 Å². The molecule has 0 aromatic heterocycles. The first-order valence-corrected chi connectivity index (χ1v) is 10.0. The number of hydrogen-bond donors (Lipinski definition) is 1. The SMILES string of the molecule is COCCN(C)C(=O)CC1(c2ccccc2)C2CC3CC1CC(C2)C3O. The number of ether oxygens (including phenoxy) is 1. The van der Waals surface area contributed by atoms with Gasteiger partial charge in [0.2, 0.25) is 5.91 Å². The Balaban J connectivity index is 1.66. The highest BCUT2D eigenvalue weighted by atomic mass is 16.5. The molecule has 0 saturated heterocycles. The van der Waals surface area contributed by atoms with Crippen LogP contribution in [0.5, 0.6) is 0 Å². The number of hydrogen-bond acceptors (Lipinski definition) is 3. The van der Waals surface area contributed by atoms with Crippen molar-refractivity contribution in [2.24, 2.45) is 23.7 Å². The lowest BCUT2D eigenvalue weighted by Crippen LogP contribution is -2.61. The smallest absolute Gasteiger partial charge is 0.223 e. The molecule has 0 unspecified atom stereocenters. The second kappa shape index (κ2) is 6.97. The largest absolute Gasteiger partial charge is 0.393 e. The van der Waals surface area contributed by atoms with Crippen LogP contribution >= 0.6 is 0 Å². The lowest BCUT2D eigenvalue weighted by molar-refractivity contribution is -0.152. The lowest BCUT2D eigenvalue weighted by atomic mass is 9.42. The number of rotatable bonds is 6. The first kappa shape index (κ1) is 18.0. The first-order valence-electron chi connectivity index (χ1n) is 10.0. The summed E-state index contributed by atoms with van der Waals surface area (Å²) in [6.07, 6.45) is 4.74. The monoisotopic (exact) mass is 357 g/mol. The fourth-order valence-electron chi connectivity index (χ4n) is 6.31. The molecule has 4 nitrogen and oxygen atoms in total. The third kappa shape index (κ3) is 2.78. The van der Waals surface area contributed by atoms with Crippen LogP contribution in [-0.4, -0.2) is 49.3 Å². The molecule has 1 amide bonds. The van der Waals surface area contributed by atoms with Crippen molar-refractivity contribution in [3.05, 3.63) is 35.9 Å². The third-order valence-electron chi connectivity index (χ3n) is 7.58. The van der Waals surface area contributed by atoms with Crippen molar-refractivity contribution in [3.63, 3.8) is 0 Å². The molecule has 1 aromatic carbocycles. The van der Waals surface area contributed by atoms with E-state index in [0.717, 1.165) is 25.7 Å². The summed E-state index contributed by atoms with van der Waals surface area (Å²) in [5.41, 5.74) is 1.27. The van der Waals surface area contributed by atoms with Crippen molar-refractivity contribution < 1.29 is 14.6 Å². The maximum atomic E-state index is 13.1. The number of carbonyl (C=O) groups is 1. The zero-order chi connectivity index (χ0) is 18.3. The van der Waals surface area contributed by atoms with Crippen LogP contribution in [0.3, 0.4) is 0 Å². The van der Waals surface area contributed by atoms with Crippen molar-refractivity contribution in [2.45, 2.75) is 43.6 Å². The molecule has 1 N–H and O–H groups in total. The van der Waals surface area contributed by atoms with E-state index < -0.39 is 0 Å². The number of amides is 1. The summed E-state index contributed by atoms with van der Waals surface area (Å²) in [4.78, 5) is 14.9. The second-order valence-corrected chi connectivity index (χ2v) is 8.74. The molecule has 0 aliphatic heterocycles. The number of aliphatic hydroxyl groups is 1. The number of aliphatic hydroxyl groups excluding tert-OH is 1. The Bertz CT molecular complexity index is 614. The van der Waals surface area contributed by atoms with Gasteiger partial charge in [0.15, 0.2) is 0 Å². The van der Waals surface area contributed by atoms with Gasteiger partial charge in [-0.25, -0.2) is 0 Å². The zero-order valence-electron chi connectivity index (χ0n) is 15.9. The number of carbonyl (C=O) groups excluding carboxylic acids is 1. The molecular formula is C22H31NO3. The summed E-state index contributed by atoms with van der Waals surface area (Å²) in [5.74, 6) is 2.12. The molecule has 0 spiro atoms. The summed E-state index contributed by atoms with van der Waals surface area (Å²) in [5, 5.41) is 10.5. The molecule has 5 rings (SSSR count). The van der Waals surface area contributed by atoms with Gasteiger partial charge in [-0.3, -0.25) is 4.79 Å². The molecule has 142 valence electrons. The number of benzene rings is 1. The van der Waals surface area contributed by atoms with Gasteiger partial charge >= 0.3 is 0 Å². The Morgan fingerprint density at radius 1 is 1.15 bits per heavy atom. The highest BCUT2D eigenvalue weighted by Gasteiger charge is 2.61. The minimum atomic E-state index is -0.114. The summed E-state index contributed by atoms with van der Waals surface area (Å²) in [7, 11) is 3.56. The molecule has 4 heteroatoms. The Labute approximate surface area is 156 Å². The first-order chi connectivity index (χ1) is 12.6. The normalized spacial score (nSPS) is 37.7. The molecule has 0 radical (unpaired) electrons. The fourth-order valence-corrected chi connectivity index (χ4v) is 6.31. The van der Waals surface area contributed by atoms with E-state index in [-0.39, 0.29) is 17.4 Å². The number of nitrogens with zero attached hydrogens (tertiary/aromatic N) is 1. The van der Waals surface area contributed by atoms with Gasteiger partial charge in [-0.15, -0.1) is 0 Å². The van der Waals surface area contributed by atoms with Crippen LogP contribution in [0, 0.1) is 23.7 Å². The minimum absolute atomic E-state index is 0.0627. The van der Waals surface area contributed by atoms with Crippen molar-refractivity contribution in [1.29, 1.82) is 0 Å². The van der Waals surface area contributed by atoms with Crippen LogP contribution in [0.1, 0.15) is 37.7 Å². The van der Waals surface area contributed by atoms with E-state index >= 15 is 0 Å². The van der Waals surface area contributed by atoms with E-state index in [1.54, 1.807) is 7.11 Å². The predicted octanol–water partition coefficient (Wildman–Crippen LogP) is 2.85. The third-order valence-corrected chi connectivity index (χ3v) is 7.58. The molecule has 4 aliphatic carbocycles. The van der Waals surface area contributed by atoms with Crippen LogP contribution in [0.2, 0.25) is 0 Å². The molecule has 4 bridgehead atoms. The summed E-state index contributed by atoms with van der Waals surface area (Å²) >= 11 is 0. The number of likely N-dealkylation sites (N-methyl/N-ethyl adjacent to an activating group) is 1. The topological polar surface area (TPSA) is 49.8 Å². The molecule has 26 heavy (non-hydrogen) atoms. The highest BCUT2D eigenvalue weighted by Crippen LogP contribution is 2.64. The standard InChI is InChI=1S/C22H31NO3/c1-23(8-9-26-2)20(24)14-22(17-6-4-3-5-7-17)18-10-15-11-19(22)13-16(12-18)21(15)25/h3-7,15-16,18-19,21,25H,8-14H2,1-2H3. The van der Waals surface area contributed by atoms with E-state index in [9.17, 15) is 9.90 Å². The van der Waals surface area contributed by atoms with Crippen molar-refractivity contribution in [2.75, 3.05) is 27.3 Å². The maximum absolute atomic E-state index is 13.1. The van der Waals surface area contributed by atoms with Crippen molar-refractivity contribution in [3.8, 4) is 0 Å². The van der Waals surface area contributed by atoms with Crippen LogP contribution in [0.4, 0.5) is 0 Å². The minimum Gasteiger partial charge on any atom is -0.393 e. The molecular weight excluding hydrogens is 326 g/mol. The van der Waals surface area contributed by atoms with E-state index in [1.165, 1.54) is 5.56 Å². The molecule has 0 heterocycles. The van der Waals surface area contributed by atoms with Gasteiger partial charge in [0, 0.05) is 32.5 Å². The van der Waals surface area contributed by atoms with Crippen LogP contribution in [0.25, 0.3) is 0 Å². The molecule has 1 aromatic rings. The van der Waals surface area contributed by atoms with E-state index in [0.29, 0.717) is 43.2 Å². The van der Waals surface area contributed by atoms with Crippen molar-refractivity contribution >= 4 is 5.91 Å². The van der Waals surface area contributed by atoms with Crippen LogP contribution in [0.15, 0.2) is 30.3 Å². The summed E-state index contributed by atoms with van der Waals surface area (Å²) in [6, 6.07) is 10.7. The van der Waals surface area contributed by atoms with Gasteiger partial charge in [-0.1, -0.05) is 30.3 Å². The Hall–Kier alpha value is -1.39. The van der Waals surface area contributed by atoms with E-state index in [2.05, 4.69) is 30.3 Å². The molecule has 4 fully saturated rings. The quantitative estimate of drug-likeness (QED) is 0.852. The number of methoxy groups -OCH3 is 1. The Morgan fingerprint density at radius 3 is 2.27 bits per heavy atom. The van der Waals surface area contributed by atoms with Gasteiger partial charge in [-0.05, 0) is 54.9 Å². The van der Waals surface area contributed by atoms with Gasteiger partial charge in [0.25, 0.3) is 0 Å². The van der Waals surface area contributed by atoms with Crippen LogP contribution < -0.4 is 0 Å². The summed E-state index contributed by atoms with van der Waals surface area (Å²) in [6.45, 7) is 1.21. The predicted molar refractivity (Wildman–Crippen MR) is 101 cm³/mol. The highest BCUT2D eigenvalue weighted by molar-refractivity contribution is 5.78.